The molecule has 0 aliphatic heterocycles. The van der Waals surface area contributed by atoms with Crippen LogP contribution in [0.2, 0.25) is 0 Å². The smallest absolute Gasteiger partial charge is 0.233 e. The zero-order chi connectivity index (χ0) is 11.8. The molecule has 0 spiro atoms. The first-order valence-electron chi connectivity index (χ1n) is 5.87. The van der Waals surface area contributed by atoms with Crippen molar-refractivity contribution in [3.63, 3.8) is 0 Å². The molecule has 0 rings (SSSR count). The first-order valence-corrected chi connectivity index (χ1v) is 5.87. The van der Waals surface area contributed by atoms with E-state index in [2.05, 4.69) is 6.92 Å². The standard InChI is InChI=1S/C12H23NO2/c1-5-8-9-11(10(4)14)12(15)13(6-2)7-3/h11H,5-9H2,1-4H3. The molecule has 0 heterocycles. The van der Waals surface area contributed by atoms with Gasteiger partial charge in [0.25, 0.3) is 0 Å². The summed E-state index contributed by atoms with van der Waals surface area (Å²) in [6.07, 6.45) is 2.66. The van der Waals surface area contributed by atoms with Crippen LogP contribution in [0.25, 0.3) is 0 Å². The molecule has 1 unspecified atom stereocenters. The lowest BCUT2D eigenvalue weighted by atomic mass is 9.96. The molecule has 0 aromatic carbocycles. The van der Waals surface area contributed by atoms with Crippen LogP contribution in [0.5, 0.6) is 0 Å². The van der Waals surface area contributed by atoms with Crippen LogP contribution in [-0.2, 0) is 9.59 Å². The van der Waals surface area contributed by atoms with E-state index in [0.717, 1.165) is 12.8 Å². The van der Waals surface area contributed by atoms with E-state index in [1.165, 1.54) is 6.92 Å². The van der Waals surface area contributed by atoms with Gasteiger partial charge >= 0.3 is 0 Å². The molecule has 3 heteroatoms. The summed E-state index contributed by atoms with van der Waals surface area (Å²) in [5.41, 5.74) is 0. The number of nitrogens with zero attached hydrogens (tertiary/aromatic N) is 1. The molecule has 0 saturated heterocycles. The second-order valence-electron chi connectivity index (χ2n) is 3.82. The molecule has 0 aromatic heterocycles. The fourth-order valence-corrected chi connectivity index (χ4v) is 1.66. The monoisotopic (exact) mass is 213 g/mol. The molecule has 0 N–H and O–H groups in total. The highest BCUT2D eigenvalue weighted by atomic mass is 16.2. The topological polar surface area (TPSA) is 37.4 Å². The predicted octanol–water partition coefficient (Wildman–Crippen LogP) is 2.25. The highest BCUT2D eigenvalue weighted by molar-refractivity contribution is 6.00. The second kappa shape index (κ2) is 7.43. The average Bonchev–Trinajstić information content (AvgIpc) is 2.19. The Hall–Kier alpha value is -0.860. The van der Waals surface area contributed by atoms with Crippen LogP contribution in [0.15, 0.2) is 0 Å². The maximum atomic E-state index is 12.0. The van der Waals surface area contributed by atoms with Gasteiger partial charge in [-0.05, 0) is 27.2 Å². The molecule has 0 radical (unpaired) electrons. The van der Waals surface area contributed by atoms with E-state index in [9.17, 15) is 9.59 Å². The van der Waals surface area contributed by atoms with Gasteiger partial charge in [-0.15, -0.1) is 0 Å². The molecule has 0 fully saturated rings. The first-order chi connectivity index (χ1) is 7.08. The molecule has 1 amide bonds. The average molecular weight is 213 g/mol. The lowest BCUT2D eigenvalue weighted by Crippen LogP contribution is -2.38. The van der Waals surface area contributed by atoms with Gasteiger partial charge in [0.05, 0.1) is 5.92 Å². The summed E-state index contributed by atoms with van der Waals surface area (Å²) in [7, 11) is 0. The summed E-state index contributed by atoms with van der Waals surface area (Å²) >= 11 is 0. The maximum absolute atomic E-state index is 12.0. The van der Waals surface area contributed by atoms with Gasteiger partial charge in [-0.1, -0.05) is 19.8 Å². The highest BCUT2D eigenvalue weighted by Gasteiger charge is 2.25. The van der Waals surface area contributed by atoms with Gasteiger partial charge in [0.1, 0.15) is 5.78 Å². The summed E-state index contributed by atoms with van der Waals surface area (Å²) in [6.45, 7) is 8.84. The lowest BCUT2D eigenvalue weighted by Gasteiger charge is -2.23. The quantitative estimate of drug-likeness (QED) is 0.608. The molecule has 0 saturated carbocycles. The van der Waals surface area contributed by atoms with Crippen molar-refractivity contribution < 1.29 is 9.59 Å². The van der Waals surface area contributed by atoms with E-state index in [1.54, 1.807) is 4.90 Å². The molecule has 3 nitrogen and oxygen atoms in total. The highest BCUT2D eigenvalue weighted by Crippen LogP contribution is 2.13. The largest absolute Gasteiger partial charge is 0.343 e. The number of carbonyl (C=O) groups is 2. The van der Waals surface area contributed by atoms with Crippen molar-refractivity contribution in [2.45, 2.75) is 47.0 Å². The number of carbonyl (C=O) groups excluding carboxylic acids is 2. The number of amides is 1. The first kappa shape index (κ1) is 14.1. The number of ketones is 1. The SMILES string of the molecule is CCCCC(C(C)=O)C(=O)N(CC)CC. The fourth-order valence-electron chi connectivity index (χ4n) is 1.66. The minimum Gasteiger partial charge on any atom is -0.343 e. The Kier molecular flexibility index (Phi) is 7.01. The summed E-state index contributed by atoms with van der Waals surface area (Å²) in [4.78, 5) is 25.1. The molecular formula is C12H23NO2. The lowest BCUT2D eigenvalue weighted by molar-refractivity contribution is -0.140. The Bertz CT molecular complexity index is 210. The molecule has 1 atom stereocenters. The van der Waals surface area contributed by atoms with Gasteiger partial charge in [-0.2, -0.15) is 0 Å². The second-order valence-corrected chi connectivity index (χ2v) is 3.82. The van der Waals surface area contributed by atoms with Crippen molar-refractivity contribution >= 4 is 11.7 Å². The molecule has 15 heavy (non-hydrogen) atoms. The van der Waals surface area contributed by atoms with Gasteiger partial charge in [0, 0.05) is 13.1 Å². The van der Waals surface area contributed by atoms with Crippen LogP contribution < -0.4 is 0 Å². The summed E-state index contributed by atoms with van der Waals surface area (Å²) < 4.78 is 0. The van der Waals surface area contributed by atoms with Gasteiger partial charge in [-0.25, -0.2) is 0 Å². The van der Waals surface area contributed by atoms with E-state index in [4.69, 9.17) is 0 Å². The van der Waals surface area contributed by atoms with Gasteiger partial charge in [0.2, 0.25) is 5.91 Å². The van der Waals surface area contributed by atoms with Crippen LogP contribution in [0, 0.1) is 5.92 Å². The Morgan fingerprint density at radius 1 is 1.13 bits per heavy atom. The summed E-state index contributed by atoms with van der Waals surface area (Å²) in [5, 5.41) is 0. The Labute approximate surface area is 92.8 Å². The normalized spacial score (nSPS) is 12.3. The number of hydrogen-bond acceptors (Lipinski definition) is 2. The molecule has 88 valence electrons. The van der Waals surface area contributed by atoms with E-state index in [0.29, 0.717) is 19.5 Å². The van der Waals surface area contributed by atoms with Crippen LogP contribution in [-0.4, -0.2) is 29.7 Å². The minimum absolute atomic E-state index is 0.000324. The van der Waals surface area contributed by atoms with Crippen molar-refractivity contribution in [1.82, 2.24) is 4.90 Å². The van der Waals surface area contributed by atoms with Crippen molar-refractivity contribution in [2.75, 3.05) is 13.1 Å². The number of unbranched alkanes of at least 4 members (excludes halogenated alkanes) is 1. The summed E-state index contributed by atoms with van der Waals surface area (Å²) in [6, 6.07) is 0. The fraction of sp³-hybridized carbons (Fsp3) is 0.833. The third-order valence-electron chi connectivity index (χ3n) is 2.71. The third kappa shape index (κ3) is 4.45. The van der Waals surface area contributed by atoms with Crippen LogP contribution in [0.4, 0.5) is 0 Å². The van der Waals surface area contributed by atoms with Crippen molar-refractivity contribution in [3.8, 4) is 0 Å². The Morgan fingerprint density at radius 2 is 1.67 bits per heavy atom. The molecule has 0 aromatic rings. The minimum atomic E-state index is -0.412. The van der Waals surface area contributed by atoms with Crippen molar-refractivity contribution in [3.05, 3.63) is 0 Å². The molecular weight excluding hydrogens is 190 g/mol. The number of Topliss-reactive ketones (excluding diaryl/α,β-unsaturated/α-hetero) is 1. The molecule has 0 aliphatic carbocycles. The zero-order valence-corrected chi connectivity index (χ0v) is 10.4. The molecule has 0 bridgehead atoms. The Balaban J connectivity index is 4.46. The van der Waals surface area contributed by atoms with Crippen molar-refractivity contribution in [2.24, 2.45) is 5.92 Å². The van der Waals surface area contributed by atoms with Gasteiger partial charge < -0.3 is 4.90 Å². The van der Waals surface area contributed by atoms with E-state index < -0.39 is 5.92 Å². The van der Waals surface area contributed by atoms with E-state index in [-0.39, 0.29) is 11.7 Å². The molecule has 0 aliphatic rings. The van der Waals surface area contributed by atoms with E-state index in [1.807, 2.05) is 13.8 Å². The maximum Gasteiger partial charge on any atom is 0.233 e. The zero-order valence-electron chi connectivity index (χ0n) is 10.4. The van der Waals surface area contributed by atoms with E-state index >= 15 is 0 Å². The number of rotatable bonds is 7. The van der Waals surface area contributed by atoms with Gasteiger partial charge in [-0.3, -0.25) is 9.59 Å². The van der Waals surface area contributed by atoms with Crippen LogP contribution in [0.1, 0.15) is 47.0 Å². The van der Waals surface area contributed by atoms with Gasteiger partial charge in [0.15, 0.2) is 0 Å². The predicted molar refractivity (Wildman–Crippen MR) is 61.6 cm³/mol. The van der Waals surface area contributed by atoms with Crippen LogP contribution >= 0.6 is 0 Å². The van der Waals surface area contributed by atoms with Crippen molar-refractivity contribution in [1.29, 1.82) is 0 Å². The third-order valence-corrected chi connectivity index (χ3v) is 2.71. The Morgan fingerprint density at radius 3 is 2.00 bits per heavy atom. The summed E-state index contributed by atoms with van der Waals surface area (Å²) in [5.74, 6) is -0.411. The number of hydrogen-bond donors (Lipinski definition) is 0. The van der Waals surface area contributed by atoms with Crippen LogP contribution in [0.3, 0.4) is 0 Å².